The van der Waals surface area contributed by atoms with Crippen LogP contribution in [0.5, 0.6) is 0 Å². The number of nitrogens with zero attached hydrogens (tertiary/aromatic N) is 3. The van der Waals surface area contributed by atoms with Crippen molar-refractivity contribution in [2.45, 2.75) is 13.8 Å². The lowest BCUT2D eigenvalue weighted by Crippen LogP contribution is -2.64. The summed E-state index contributed by atoms with van der Waals surface area (Å²) in [7, 11) is 0. The summed E-state index contributed by atoms with van der Waals surface area (Å²) in [6.45, 7) is 6.70. The number of carbonyl (C=O) groups excluding carboxylic acids is 2. The minimum atomic E-state index is -0.281. The molecular formula is C12H20N5O3S+. The maximum Gasteiger partial charge on any atom is 0.305 e. The molecule has 1 aromatic heterocycles. The highest BCUT2D eigenvalue weighted by Crippen LogP contribution is 2.11. The van der Waals surface area contributed by atoms with E-state index in [4.69, 9.17) is 4.52 Å². The number of carbonyl (C=O) groups is 2. The summed E-state index contributed by atoms with van der Waals surface area (Å²) >= 11 is 1.14. The molecule has 1 saturated heterocycles. The third-order valence-corrected chi connectivity index (χ3v) is 4.14. The quantitative estimate of drug-likeness (QED) is 0.698. The molecule has 0 aromatic carbocycles. The number of rotatable bonds is 5. The van der Waals surface area contributed by atoms with Crippen LogP contribution in [0.25, 0.3) is 0 Å². The van der Waals surface area contributed by atoms with Crippen LogP contribution in [0.4, 0.5) is 5.88 Å². The van der Waals surface area contributed by atoms with Crippen molar-refractivity contribution in [2.24, 2.45) is 5.92 Å². The van der Waals surface area contributed by atoms with E-state index in [1.54, 1.807) is 17.9 Å². The molecule has 0 unspecified atom stereocenters. The van der Waals surface area contributed by atoms with Gasteiger partial charge in [0.25, 0.3) is 6.20 Å². The van der Waals surface area contributed by atoms with Crippen molar-refractivity contribution in [2.75, 3.05) is 42.3 Å². The van der Waals surface area contributed by atoms with Crippen LogP contribution in [0, 0.1) is 5.92 Å². The van der Waals surface area contributed by atoms with Gasteiger partial charge in [0, 0.05) is 31.7 Å². The molecule has 0 aliphatic carbocycles. The number of hydrogen-bond acceptors (Lipinski definition) is 7. The molecule has 8 nitrogen and oxygen atoms in total. The third kappa shape index (κ3) is 4.71. The van der Waals surface area contributed by atoms with Crippen LogP contribution in [-0.4, -0.2) is 48.2 Å². The lowest BCUT2D eigenvalue weighted by molar-refractivity contribution is -0.758. The fourth-order valence-electron chi connectivity index (χ4n) is 1.85. The zero-order valence-electron chi connectivity index (χ0n) is 12.2. The minimum absolute atomic E-state index is 0.00543. The second-order valence-corrected chi connectivity index (χ2v) is 6.08. The van der Waals surface area contributed by atoms with Crippen molar-refractivity contribution in [3.63, 3.8) is 0 Å². The average molecular weight is 314 g/mol. The van der Waals surface area contributed by atoms with Gasteiger partial charge in [-0.3, -0.25) is 19.4 Å². The lowest BCUT2D eigenvalue weighted by atomic mass is 10.2. The number of hydrogen-bond donors (Lipinski definition) is 2. The van der Waals surface area contributed by atoms with Crippen molar-refractivity contribution < 1.29 is 18.9 Å². The predicted octanol–water partition coefficient (Wildman–Crippen LogP) is -0.642. The fourth-order valence-corrected chi connectivity index (χ4v) is 2.48. The molecule has 9 heteroatoms. The minimum Gasteiger partial charge on any atom is -0.313 e. The van der Waals surface area contributed by atoms with Crippen LogP contribution in [0.15, 0.2) is 10.7 Å². The second-order valence-electron chi connectivity index (χ2n) is 4.88. The Morgan fingerprint density at radius 1 is 1.57 bits per heavy atom. The summed E-state index contributed by atoms with van der Waals surface area (Å²) in [6.07, 6.45) is 1.65. The number of piperazine rings is 1. The third-order valence-electron chi connectivity index (χ3n) is 3.07. The molecule has 1 aliphatic heterocycles. The number of aromatic nitrogens is 2. The maximum atomic E-state index is 12.0. The average Bonchev–Trinajstić information content (AvgIpc) is 2.94. The molecule has 1 atom stereocenters. The molecule has 1 aromatic rings. The molecule has 2 heterocycles. The van der Waals surface area contributed by atoms with Gasteiger partial charge in [0.15, 0.2) is 5.12 Å². The van der Waals surface area contributed by atoms with E-state index < -0.39 is 0 Å². The number of amides is 1. The molecule has 0 bridgehead atoms. The van der Waals surface area contributed by atoms with Crippen molar-refractivity contribution in [3.05, 3.63) is 6.20 Å². The van der Waals surface area contributed by atoms with Gasteiger partial charge in [-0.15, -0.1) is 0 Å². The highest BCUT2D eigenvalue weighted by Gasteiger charge is 2.24. The van der Waals surface area contributed by atoms with Crippen LogP contribution in [0.2, 0.25) is 0 Å². The van der Waals surface area contributed by atoms with E-state index in [-0.39, 0.29) is 16.9 Å². The molecule has 1 aliphatic rings. The zero-order valence-corrected chi connectivity index (χ0v) is 13.0. The summed E-state index contributed by atoms with van der Waals surface area (Å²) < 4.78 is 5.11. The Labute approximate surface area is 127 Å². The summed E-state index contributed by atoms with van der Waals surface area (Å²) in [4.78, 5) is 24.5. The van der Waals surface area contributed by atoms with Gasteiger partial charge in [0.05, 0.1) is 17.9 Å². The number of nitrogens with one attached hydrogen (secondary N) is 2. The fraction of sp³-hybridized carbons (Fsp3) is 0.667. The van der Waals surface area contributed by atoms with Crippen LogP contribution >= 0.6 is 11.8 Å². The predicted molar refractivity (Wildman–Crippen MR) is 78.5 cm³/mol. The van der Waals surface area contributed by atoms with Gasteiger partial charge in [-0.1, -0.05) is 18.7 Å². The lowest BCUT2D eigenvalue weighted by Gasteiger charge is -2.19. The summed E-state index contributed by atoms with van der Waals surface area (Å²) in [5.41, 5.74) is 0. The van der Waals surface area contributed by atoms with Crippen LogP contribution in [-0.2, 0) is 9.59 Å². The molecule has 21 heavy (non-hydrogen) atoms. The monoisotopic (exact) mass is 314 g/mol. The van der Waals surface area contributed by atoms with Crippen molar-refractivity contribution in [1.29, 1.82) is 0 Å². The van der Waals surface area contributed by atoms with E-state index in [9.17, 15) is 9.59 Å². The summed E-state index contributed by atoms with van der Waals surface area (Å²) in [6, 6.07) is 0. The molecule has 0 radical (unpaired) electrons. The zero-order chi connectivity index (χ0) is 15.2. The molecule has 1 amide bonds. The summed E-state index contributed by atoms with van der Waals surface area (Å²) in [5.74, 6) is 0.287. The van der Waals surface area contributed by atoms with Gasteiger partial charge in [0.1, 0.15) is 0 Å². The Morgan fingerprint density at radius 2 is 2.29 bits per heavy atom. The first-order valence-corrected chi connectivity index (χ1v) is 7.83. The molecule has 1 fully saturated rings. The number of anilines is 1. The standard InChI is InChI=1S/C12H19N5O3S/c1-9(8-21-10(2)18)12(19)14-11-7-17(15-20-11)16-5-3-13-4-6-16/h7,9,13H,3-6,8H2,1-2H3/p+1/t9-/m1/s1. The smallest absolute Gasteiger partial charge is 0.305 e. The van der Waals surface area contributed by atoms with E-state index in [1.165, 1.54) is 6.92 Å². The Hall–Kier alpha value is -1.61. The van der Waals surface area contributed by atoms with Gasteiger partial charge in [-0.2, -0.15) is 5.01 Å². The van der Waals surface area contributed by atoms with Crippen LogP contribution in [0.1, 0.15) is 13.8 Å². The Kier molecular flexibility index (Phi) is 5.57. The highest BCUT2D eigenvalue weighted by atomic mass is 32.2. The summed E-state index contributed by atoms with van der Waals surface area (Å²) in [5, 5.41) is 11.8. The molecule has 116 valence electrons. The second kappa shape index (κ2) is 7.41. The Balaban J connectivity index is 1.86. The largest absolute Gasteiger partial charge is 0.313 e. The first kappa shape index (κ1) is 15.8. The molecule has 0 saturated carbocycles. The molecular weight excluding hydrogens is 294 g/mol. The van der Waals surface area contributed by atoms with Gasteiger partial charge in [-0.25, -0.2) is 0 Å². The Morgan fingerprint density at radius 3 is 2.95 bits per heavy atom. The maximum absolute atomic E-state index is 12.0. The van der Waals surface area contributed by atoms with Gasteiger partial charge >= 0.3 is 5.88 Å². The van der Waals surface area contributed by atoms with E-state index in [1.807, 2.05) is 5.01 Å². The molecule has 0 spiro atoms. The van der Waals surface area contributed by atoms with Crippen LogP contribution < -0.4 is 20.4 Å². The molecule has 2 N–H and O–H groups in total. The van der Waals surface area contributed by atoms with Crippen LogP contribution in [0.3, 0.4) is 0 Å². The van der Waals surface area contributed by atoms with E-state index in [0.29, 0.717) is 11.6 Å². The van der Waals surface area contributed by atoms with E-state index in [2.05, 4.69) is 15.9 Å². The highest BCUT2D eigenvalue weighted by molar-refractivity contribution is 8.13. The number of thioether (sulfide) groups is 1. The normalized spacial score (nSPS) is 16.6. The molecule has 2 rings (SSSR count). The first-order valence-electron chi connectivity index (χ1n) is 6.85. The van der Waals surface area contributed by atoms with E-state index in [0.717, 1.165) is 37.9 Å². The van der Waals surface area contributed by atoms with Crippen molar-refractivity contribution in [3.8, 4) is 0 Å². The first-order chi connectivity index (χ1) is 10.1. The van der Waals surface area contributed by atoms with Crippen molar-refractivity contribution in [1.82, 2.24) is 10.6 Å². The SMILES string of the molecule is CC(=O)SC[C@@H](C)C(=O)Nc1c[n+](N2CCNCC2)no1. The van der Waals surface area contributed by atoms with E-state index >= 15 is 0 Å². The topological polar surface area (TPSA) is 91.4 Å². The Bertz CT molecular complexity index is 501. The van der Waals surface area contributed by atoms with Gasteiger partial charge in [-0.05, 0) is 0 Å². The van der Waals surface area contributed by atoms with Gasteiger partial charge < -0.3 is 5.32 Å². The van der Waals surface area contributed by atoms with Crippen molar-refractivity contribution >= 4 is 28.7 Å². The van der Waals surface area contributed by atoms with Gasteiger partial charge in [0.2, 0.25) is 11.2 Å².